The van der Waals surface area contributed by atoms with Gasteiger partial charge in [-0.3, -0.25) is 4.98 Å². The molecule has 0 aliphatic heterocycles. The SMILES string of the molecule is O=C(NCc1ccncc1)NC(C(=O)O)C1CC1. The average molecular weight is 249 g/mol. The Balaban J connectivity index is 1.79. The zero-order valence-electron chi connectivity index (χ0n) is 9.80. The second-order valence-electron chi connectivity index (χ2n) is 4.34. The van der Waals surface area contributed by atoms with E-state index in [1.165, 1.54) is 0 Å². The van der Waals surface area contributed by atoms with Gasteiger partial charge in [-0.2, -0.15) is 0 Å². The summed E-state index contributed by atoms with van der Waals surface area (Å²) in [5.74, 6) is -0.897. The van der Waals surface area contributed by atoms with Crippen LogP contribution in [-0.2, 0) is 11.3 Å². The largest absolute Gasteiger partial charge is 0.480 e. The first kappa shape index (κ1) is 12.3. The molecule has 2 rings (SSSR count). The molecule has 1 unspecified atom stereocenters. The van der Waals surface area contributed by atoms with Crippen LogP contribution in [0.3, 0.4) is 0 Å². The summed E-state index contributed by atoms with van der Waals surface area (Å²) >= 11 is 0. The molecule has 3 N–H and O–H groups in total. The van der Waals surface area contributed by atoms with Crippen LogP contribution in [0.25, 0.3) is 0 Å². The van der Waals surface area contributed by atoms with E-state index >= 15 is 0 Å². The van der Waals surface area contributed by atoms with E-state index in [2.05, 4.69) is 15.6 Å². The summed E-state index contributed by atoms with van der Waals surface area (Å²) in [5.41, 5.74) is 0.915. The number of rotatable bonds is 5. The number of nitrogens with zero attached hydrogens (tertiary/aromatic N) is 1. The van der Waals surface area contributed by atoms with Crippen LogP contribution in [0, 0.1) is 5.92 Å². The molecule has 1 aromatic heterocycles. The number of carbonyl (C=O) groups excluding carboxylic acids is 1. The number of urea groups is 1. The third kappa shape index (κ3) is 3.44. The minimum Gasteiger partial charge on any atom is -0.480 e. The van der Waals surface area contributed by atoms with Crippen molar-refractivity contribution in [3.8, 4) is 0 Å². The number of carboxylic acid groups (broad SMARTS) is 1. The maximum atomic E-state index is 11.6. The number of aromatic nitrogens is 1. The van der Waals surface area contributed by atoms with Crippen LogP contribution in [0.2, 0.25) is 0 Å². The Bertz CT molecular complexity index is 431. The Kier molecular flexibility index (Phi) is 3.76. The highest BCUT2D eigenvalue weighted by molar-refractivity contribution is 5.83. The number of carbonyl (C=O) groups is 2. The van der Waals surface area contributed by atoms with Gasteiger partial charge in [-0.05, 0) is 36.5 Å². The molecule has 0 saturated heterocycles. The van der Waals surface area contributed by atoms with E-state index in [4.69, 9.17) is 5.11 Å². The van der Waals surface area contributed by atoms with Crippen molar-refractivity contribution in [1.82, 2.24) is 15.6 Å². The summed E-state index contributed by atoms with van der Waals surface area (Å²) in [6, 6.07) is 2.35. The molecule has 1 aliphatic rings. The molecule has 1 fully saturated rings. The lowest BCUT2D eigenvalue weighted by Crippen LogP contribution is -2.46. The topological polar surface area (TPSA) is 91.3 Å². The van der Waals surface area contributed by atoms with Crippen molar-refractivity contribution >= 4 is 12.0 Å². The Morgan fingerprint density at radius 2 is 2.06 bits per heavy atom. The molecular formula is C12H15N3O3. The summed E-state index contributed by atoms with van der Waals surface area (Å²) in [4.78, 5) is 26.4. The molecule has 1 aliphatic carbocycles. The number of nitrogens with one attached hydrogen (secondary N) is 2. The Morgan fingerprint density at radius 1 is 1.39 bits per heavy atom. The van der Waals surface area contributed by atoms with Gasteiger partial charge in [-0.25, -0.2) is 9.59 Å². The van der Waals surface area contributed by atoms with Crippen molar-refractivity contribution in [2.45, 2.75) is 25.4 Å². The molecule has 6 heteroatoms. The molecule has 1 saturated carbocycles. The van der Waals surface area contributed by atoms with Crippen LogP contribution in [0.15, 0.2) is 24.5 Å². The van der Waals surface area contributed by atoms with Crippen molar-refractivity contribution in [2.24, 2.45) is 5.92 Å². The predicted molar refractivity (Wildman–Crippen MR) is 63.8 cm³/mol. The molecule has 2 amide bonds. The smallest absolute Gasteiger partial charge is 0.326 e. The van der Waals surface area contributed by atoms with Crippen LogP contribution in [0.1, 0.15) is 18.4 Å². The molecule has 1 aromatic rings. The summed E-state index contributed by atoms with van der Waals surface area (Å²) in [5, 5.41) is 14.1. The Morgan fingerprint density at radius 3 is 2.61 bits per heavy atom. The highest BCUT2D eigenvalue weighted by atomic mass is 16.4. The van der Waals surface area contributed by atoms with E-state index in [0.29, 0.717) is 6.54 Å². The van der Waals surface area contributed by atoms with Crippen molar-refractivity contribution < 1.29 is 14.7 Å². The molecule has 18 heavy (non-hydrogen) atoms. The first-order chi connectivity index (χ1) is 8.66. The fourth-order valence-corrected chi connectivity index (χ4v) is 1.69. The van der Waals surface area contributed by atoms with Gasteiger partial charge in [-0.1, -0.05) is 0 Å². The van der Waals surface area contributed by atoms with E-state index in [0.717, 1.165) is 18.4 Å². The molecule has 0 aromatic carbocycles. The summed E-state index contributed by atoms with van der Waals surface area (Å²) in [7, 11) is 0. The summed E-state index contributed by atoms with van der Waals surface area (Å²) in [6.45, 7) is 0.353. The molecule has 0 radical (unpaired) electrons. The quantitative estimate of drug-likeness (QED) is 0.718. The zero-order valence-corrected chi connectivity index (χ0v) is 9.80. The number of hydrogen-bond donors (Lipinski definition) is 3. The van der Waals surface area contributed by atoms with E-state index in [9.17, 15) is 9.59 Å². The van der Waals surface area contributed by atoms with Gasteiger partial charge in [0, 0.05) is 18.9 Å². The minimum atomic E-state index is -0.975. The number of pyridine rings is 1. The van der Waals surface area contributed by atoms with Gasteiger partial charge in [0.1, 0.15) is 6.04 Å². The van der Waals surface area contributed by atoms with Crippen LogP contribution in [-0.4, -0.2) is 28.1 Å². The van der Waals surface area contributed by atoms with Gasteiger partial charge in [-0.15, -0.1) is 0 Å². The summed E-state index contributed by atoms with van der Waals surface area (Å²) < 4.78 is 0. The fourth-order valence-electron chi connectivity index (χ4n) is 1.69. The lowest BCUT2D eigenvalue weighted by Gasteiger charge is -2.14. The van der Waals surface area contributed by atoms with Crippen LogP contribution in [0.5, 0.6) is 0 Å². The van der Waals surface area contributed by atoms with Gasteiger partial charge >= 0.3 is 12.0 Å². The third-order valence-corrected chi connectivity index (χ3v) is 2.85. The second kappa shape index (κ2) is 5.48. The van der Waals surface area contributed by atoms with E-state index in [1.54, 1.807) is 24.5 Å². The van der Waals surface area contributed by atoms with E-state index in [1.807, 2.05) is 0 Å². The number of hydrogen-bond acceptors (Lipinski definition) is 3. The normalized spacial score (nSPS) is 15.8. The Labute approximate surface area is 104 Å². The molecular weight excluding hydrogens is 234 g/mol. The van der Waals surface area contributed by atoms with E-state index in [-0.39, 0.29) is 5.92 Å². The fraction of sp³-hybridized carbons (Fsp3) is 0.417. The lowest BCUT2D eigenvalue weighted by molar-refractivity contribution is -0.139. The third-order valence-electron chi connectivity index (χ3n) is 2.85. The van der Waals surface area contributed by atoms with Crippen molar-refractivity contribution in [1.29, 1.82) is 0 Å². The summed E-state index contributed by atoms with van der Waals surface area (Å²) in [6.07, 6.45) is 5.00. The van der Waals surface area contributed by atoms with Gasteiger partial charge < -0.3 is 15.7 Å². The standard InChI is InChI=1S/C12H15N3O3/c16-11(17)10(9-1-2-9)15-12(18)14-7-8-3-5-13-6-4-8/h3-6,9-10H,1-2,7H2,(H,16,17)(H2,14,15,18). The number of amides is 2. The van der Waals surface area contributed by atoms with Gasteiger partial charge in [0.15, 0.2) is 0 Å². The molecule has 1 atom stereocenters. The van der Waals surface area contributed by atoms with Gasteiger partial charge in [0.25, 0.3) is 0 Å². The molecule has 1 heterocycles. The maximum Gasteiger partial charge on any atom is 0.326 e. The molecule has 0 bridgehead atoms. The maximum absolute atomic E-state index is 11.6. The second-order valence-corrected chi connectivity index (χ2v) is 4.34. The lowest BCUT2D eigenvalue weighted by atomic mass is 10.2. The molecule has 6 nitrogen and oxygen atoms in total. The predicted octanol–water partition coefficient (Wildman–Crippen LogP) is 0.744. The van der Waals surface area contributed by atoms with Gasteiger partial charge in [0.2, 0.25) is 0 Å². The Hall–Kier alpha value is -2.11. The first-order valence-electron chi connectivity index (χ1n) is 5.83. The number of carboxylic acids is 1. The zero-order chi connectivity index (χ0) is 13.0. The van der Waals surface area contributed by atoms with Crippen molar-refractivity contribution in [3.63, 3.8) is 0 Å². The van der Waals surface area contributed by atoms with Crippen LogP contribution in [0.4, 0.5) is 4.79 Å². The van der Waals surface area contributed by atoms with Crippen molar-refractivity contribution in [3.05, 3.63) is 30.1 Å². The van der Waals surface area contributed by atoms with E-state index < -0.39 is 18.0 Å². The minimum absolute atomic E-state index is 0.0779. The molecule has 96 valence electrons. The van der Waals surface area contributed by atoms with Crippen LogP contribution >= 0.6 is 0 Å². The average Bonchev–Trinajstić information content (AvgIpc) is 3.18. The van der Waals surface area contributed by atoms with Gasteiger partial charge in [0.05, 0.1) is 0 Å². The first-order valence-corrected chi connectivity index (χ1v) is 5.83. The van der Waals surface area contributed by atoms with Crippen LogP contribution < -0.4 is 10.6 Å². The monoisotopic (exact) mass is 249 g/mol. The highest BCUT2D eigenvalue weighted by Gasteiger charge is 2.37. The van der Waals surface area contributed by atoms with Crippen molar-refractivity contribution in [2.75, 3.05) is 0 Å². The molecule has 0 spiro atoms. The highest BCUT2D eigenvalue weighted by Crippen LogP contribution is 2.32. The number of aliphatic carboxylic acids is 1.